The molecule has 1 saturated heterocycles. The Bertz CT molecular complexity index is 424. The van der Waals surface area contributed by atoms with Crippen molar-refractivity contribution in [3.63, 3.8) is 0 Å². The lowest BCUT2D eigenvalue weighted by atomic mass is 10.2. The number of nitrogens with one attached hydrogen (secondary N) is 2. The van der Waals surface area contributed by atoms with Crippen LogP contribution in [0.4, 0.5) is 11.4 Å². The Morgan fingerprint density at radius 3 is 2.50 bits per heavy atom. The van der Waals surface area contributed by atoms with Crippen molar-refractivity contribution in [2.75, 3.05) is 29.9 Å². The quantitative estimate of drug-likeness (QED) is 0.839. The average molecular weight is 275 g/mol. The van der Waals surface area contributed by atoms with Gasteiger partial charge < -0.3 is 15.5 Å². The van der Waals surface area contributed by atoms with Crippen LogP contribution in [0.3, 0.4) is 0 Å². The molecule has 1 aliphatic rings. The summed E-state index contributed by atoms with van der Waals surface area (Å²) in [7, 11) is 0. The molecule has 1 aromatic carbocycles. The van der Waals surface area contributed by atoms with Crippen molar-refractivity contribution in [1.82, 2.24) is 5.32 Å². The van der Waals surface area contributed by atoms with Gasteiger partial charge in [0.2, 0.25) is 5.91 Å². The molecule has 2 N–H and O–H groups in total. The lowest BCUT2D eigenvalue weighted by Gasteiger charge is -2.18. The molecule has 1 aromatic rings. The van der Waals surface area contributed by atoms with Crippen LogP contribution in [0.15, 0.2) is 24.3 Å². The molecular formula is C16H25N3O. The van der Waals surface area contributed by atoms with E-state index in [0.717, 1.165) is 25.3 Å². The van der Waals surface area contributed by atoms with E-state index in [9.17, 15) is 4.79 Å². The van der Waals surface area contributed by atoms with Crippen molar-refractivity contribution in [2.45, 2.75) is 39.2 Å². The molecule has 110 valence electrons. The minimum Gasteiger partial charge on any atom is -0.372 e. The highest BCUT2D eigenvalue weighted by atomic mass is 16.1. The maximum Gasteiger partial charge on any atom is 0.225 e. The molecule has 0 bridgehead atoms. The first-order chi connectivity index (χ1) is 9.69. The maximum atomic E-state index is 11.9. The lowest BCUT2D eigenvalue weighted by molar-refractivity contribution is -0.116. The second-order valence-electron chi connectivity index (χ2n) is 5.45. The minimum absolute atomic E-state index is 0.0624. The number of amides is 1. The van der Waals surface area contributed by atoms with E-state index >= 15 is 0 Å². The second kappa shape index (κ2) is 7.29. The van der Waals surface area contributed by atoms with Crippen LogP contribution < -0.4 is 15.5 Å². The Hall–Kier alpha value is -1.55. The number of nitrogens with zero attached hydrogens (tertiary/aromatic N) is 1. The number of carbonyl (C=O) groups excluding carboxylic acids is 1. The predicted molar refractivity (Wildman–Crippen MR) is 84.3 cm³/mol. The molecule has 1 amide bonds. The highest BCUT2D eigenvalue weighted by Gasteiger charge is 2.12. The number of benzene rings is 1. The van der Waals surface area contributed by atoms with E-state index < -0.39 is 0 Å². The summed E-state index contributed by atoms with van der Waals surface area (Å²) in [6.45, 7) is 7.25. The Balaban J connectivity index is 1.85. The molecule has 20 heavy (non-hydrogen) atoms. The zero-order chi connectivity index (χ0) is 14.4. The van der Waals surface area contributed by atoms with E-state index in [1.54, 1.807) is 0 Å². The van der Waals surface area contributed by atoms with Gasteiger partial charge in [0.05, 0.1) is 0 Å². The van der Waals surface area contributed by atoms with Gasteiger partial charge in [0.1, 0.15) is 0 Å². The summed E-state index contributed by atoms with van der Waals surface area (Å²) in [4.78, 5) is 14.3. The molecule has 4 heteroatoms. The maximum absolute atomic E-state index is 11.9. The Morgan fingerprint density at radius 1 is 1.25 bits per heavy atom. The number of carbonyl (C=O) groups is 1. The molecule has 0 radical (unpaired) electrons. The van der Waals surface area contributed by atoms with E-state index in [2.05, 4.69) is 27.7 Å². The van der Waals surface area contributed by atoms with Gasteiger partial charge in [-0.15, -0.1) is 0 Å². The van der Waals surface area contributed by atoms with Crippen LogP contribution in [-0.4, -0.2) is 31.6 Å². The fourth-order valence-electron chi connectivity index (χ4n) is 2.64. The summed E-state index contributed by atoms with van der Waals surface area (Å²) >= 11 is 0. The summed E-state index contributed by atoms with van der Waals surface area (Å²) < 4.78 is 0. The van der Waals surface area contributed by atoms with E-state index in [1.165, 1.54) is 18.5 Å². The van der Waals surface area contributed by atoms with E-state index in [-0.39, 0.29) is 11.9 Å². The number of rotatable bonds is 6. The second-order valence-corrected chi connectivity index (χ2v) is 5.45. The molecule has 1 aliphatic heterocycles. The fraction of sp³-hybridized carbons (Fsp3) is 0.562. The summed E-state index contributed by atoms with van der Waals surface area (Å²) in [6, 6.07) is 8.37. The molecule has 2 rings (SSSR count). The Labute approximate surface area is 121 Å². The summed E-state index contributed by atoms with van der Waals surface area (Å²) in [5.41, 5.74) is 2.13. The van der Waals surface area contributed by atoms with Crippen LogP contribution in [0.1, 0.15) is 33.1 Å². The molecule has 1 unspecified atom stereocenters. The van der Waals surface area contributed by atoms with Crippen LogP contribution in [0.5, 0.6) is 0 Å². The topological polar surface area (TPSA) is 44.4 Å². The van der Waals surface area contributed by atoms with Crippen molar-refractivity contribution in [3.8, 4) is 0 Å². The van der Waals surface area contributed by atoms with Gasteiger partial charge in [0.25, 0.3) is 0 Å². The first kappa shape index (κ1) is 14.9. The normalized spacial score (nSPS) is 16.2. The highest BCUT2D eigenvalue weighted by Crippen LogP contribution is 2.22. The van der Waals surface area contributed by atoms with Gasteiger partial charge in [-0.1, -0.05) is 6.92 Å². The third kappa shape index (κ3) is 4.23. The first-order valence-corrected chi connectivity index (χ1v) is 7.57. The molecule has 1 fully saturated rings. The summed E-state index contributed by atoms with van der Waals surface area (Å²) in [5, 5.41) is 6.19. The molecule has 0 saturated carbocycles. The van der Waals surface area contributed by atoms with Crippen molar-refractivity contribution in [2.24, 2.45) is 0 Å². The van der Waals surface area contributed by atoms with Gasteiger partial charge in [-0.2, -0.15) is 0 Å². The van der Waals surface area contributed by atoms with Gasteiger partial charge in [0.15, 0.2) is 0 Å². The third-order valence-corrected chi connectivity index (χ3v) is 3.67. The third-order valence-electron chi connectivity index (χ3n) is 3.67. The number of anilines is 2. The molecule has 0 aromatic heterocycles. The SMILES string of the molecule is CCNC(C)CC(=O)Nc1ccc(N2CCCC2)cc1. The Kier molecular flexibility index (Phi) is 5.41. The number of hydrogen-bond acceptors (Lipinski definition) is 3. The smallest absolute Gasteiger partial charge is 0.225 e. The standard InChI is InChI=1S/C16H25N3O/c1-3-17-13(2)12-16(20)18-14-6-8-15(9-7-14)19-10-4-5-11-19/h6-9,13,17H,3-5,10-12H2,1-2H3,(H,18,20). The average Bonchev–Trinajstić information content (AvgIpc) is 2.93. The zero-order valence-corrected chi connectivity index (χ0v) is 12.5. The zero-order valence-electron chi connectivity index (χ0n) is 12.5. The van der Waals surface area contributed by atoms with Crippen molar-refractivity contribution in [1.29, 1.82) is 0 Å². The van der Waals surface area contributed by atoms with E-state index in [4.69, 9.17) is 0 Å². The van der Waals surface area contributed by atoms with Crippen LogP contribution in [0.2, 0.25) is 0 Å². The van der Waals surface area contributed by atoms with Crippen LogP contribution in [0.25, 0.3) is 0 Å². The molecule has 0 spiro atoms. The monoisotopic (exact) mass is 275 g/mol. The van der Waals surface area contributed by atoms with Crippen LogP contribution >= 0.6 is 0 Å². The molecule has 1 atom stereocenters. The Morgan fingerprint density at radius 2 is 1.90 bits per heavy atom. The number of hydrogen-bond donors (Lipinski definition) is 2. The van der Waals surface area contributed by atoms with Gasteiger partial charge >= 0.3 is 0 Å². The molecule has 1 heterocycles. The van der Waals surface area contributed by atoms with E-state index in [1.807, 2.05) is 26.0 Å². The van der Waals surface area contributed by atoms with Gasteiger partial charge in [-0.3, -0.25) is 4.79 Å². The van der Waals surface area contributed by atoms with Gasteiger partial charge in [-0.05, 0) is 50.6 Å². The van der Waals surface area contributed by atoms with Crippen molar-refractivity contribution < 1.29 is 4.79 Å². The van der Waals surface area contributed by atoms with E-state index in [0.29, 0.717) is 6.42 Å². The lowest BCUT2D eigenvalue weighted by Crippen LogP contribution is -2.30. The van der Waals surface area contributed by atoms with Crippen molar-refractivity contribution >= 4 is 17.3 Å². The first-order valence-electron chi connectivity index (χ1n) is 7.57. The summed E-state index contributed by atoms with van der Waals surface area (Å²) in [5.74, 6) is 0.0624. The highest BCUT2D eigenvalue weighted by molar-refractivity contribution is 5.91. The van der Waals surface area contributed by atoms with Gasteiger partial charge in [-0.25, -0.2) is 0 Å². The largest absolute Gasteiger partial charge is 0.372 e. The van der Waals surface area contributed by atoms with Crippen molar-refractivity contribution in [3.05, 3.63) is 24.3 Å². The summed E-state index contributed by atoms with van der Waals surface area (Å²) in [6.07, 6.45) is 3.06. The van der Waals surface area contributed by atoms with Crippen LogP contribution in [0, 0.1) is 0 Å². The minimum atomic E-state index is 0.0624. The molecular weight excluding hydrogens is 250 g/mol. The predicted octanol–water partition coefficient (Wildman–Crippen LogP) is 2.61. The molecule has 4 nitrogen and oxygen atoms in total. The molecule has 0 aliphatic carbocycles. The van der Waals surface area contributed by atoms with Crippen LogP contribution in [-0.2, 0) is 4.79 Å². The fourth-order valence-corrected chi connectivity index (χ4v) is 2.64. The van der Waals surface area contributed by atoms with Gasteiger partial charge in [0, 0.05) is 36.9 Å².